The Morgan fingerprint density at radius 3 is 2.13 bits per heavy atom. The number of hydrogen-bond acceptors (Lipinski definition) is 9. The van der Waals surface area contributed by atoms with Gasteiger partial charge in [0, 0.05) is 49.4 Å². The molecule has 0 atom stereocenters. The van der Waals surface area contributed by atoms with Gasteiger partial charge < -0.3 is 25.5 Å². The fraction of sp³-hybridized carbons (Fsp3) is 0.310. The van der Waals surface area contributed by atoms with Crippen molar-refractivity contribution in [2.24, 2.45) is 0 Å². The molecule has 12 nitrogen and oxygen atoms in total. The third-order valence-corrected chi connectivity index (χ3v) is 6.30. The number of nitriles is 1. The van der Waals surface area contributed by atoms with Gasteiger partial charge in [-0.2, -0.15) is 31.6 Å². The molecule has 0 radical (unpaired) electrons. The van der Waals surface area contributed by atoms with Gasteiger partial charge in [-0.15, -0.1) is 0 Å². The molecule has 3 heterocycles. The Kier molecular flexibility index (Phi) is 12.2. The first-order chi connectivity index (χ1) is 22.2. The number of alkyl halides is 6. The lowest BCUT2D eigenvalue weighted by atomic mass is 10.1. The minimum atomic E-state index is -5.08. The number of carboxylic acid groups (broad SMARTS) is 1. The van der Waals surface area contributed by atoms with Crippen LogP contribution in [0, 0.1) is 11.3 Å². The van der Waals surface area contributed by atoms with Crippen molar-refractivity contribution in [2.75, 3.05) is 38.2 Å². The van der Waals surface area contributed by atoms with E-state index in [2.05, 4.69) is 20.3 Å². The number of fused-ring (bicyclic) bond motifs is 1. The van der Waals surface area contributed by atoms with Gasteiger partial charge in [0.05, 0.1) is 30.0 Å². The topological polar surface area (TPSA) is 177 Å². The highest BCUT2D eigenvalue weighted by molar-refractivity contribution is 5.93. The summed E-state index contributed by atoms with van der Waals surface area (Å²) in [5, 5.41) is 37.8. The molecule has 0 saturated heterocycles. The number of aliphatic hydroxyl groups excluding tert-OH is 2. The highest BCUT2D eigenvalue weighted by Crippen LogP contribution is 2.31. The van der Waals surface area contributed by atoms with Crippen LogP contribution < -0.4 is 5.32 Å². The van der Waals surface area contributed by atoms with E-state index in [0.717, 1.165) is 17.8 Å². The third kappa shape index (κ3) is 10.1. The average molecular weight is 668 g/mol. The monoisotopic (exact) mass is 667 g/mol. The van der Waals surface area contributed by atoms with Crippen molar-refractivity contribution in [1.29, 1.82) is 5.26 Å². The summed E-state index contributed by atoms with van der Waals surface area (Å²) in [5.74, 6) is -2.93. The molecule has 0 aliphatic carbocycles. The number of carboxylic acids is 1. The minimum Gasteiger partial charge on any atom is -0.475 e. The van der Waals surface area contributed by atoms with Crippen molar-refractivity contribution < 1.29 is 51.3 Å². The van der Waals surface area contributed by atoms with Crippen LogP contribution in [-0.2, 0) is 17.4 Å². The van der Waals surface area contributed by atoms with Crippen molar-refractivity contribution in [2.45, 2.75) is 25.2 Å². The van der Waals surface area contributed by atoms with Crippen LogP contribution in [0.4, 0.5) is 32.3 Å². The number of carbonyl (C=O) groups is 2. The number of carbonyl (C=O) groups excluding carboxylic acids is 1. The molecule has 1 aromatic carbocycles. The Bertz CT molecular complexity index is 1700. The van der Waals surface area contributed by atoms with Crippen molar-refractivity contribution in [3.05, 3.63) is 77.4 Å². The number of hydrogen-bond donors (Lipinski definition) is 4. The Hall–Kier alpha value is -5.28. The molecular formula is C29H27F6N7O5. The van der Waals surface area contributed by atoms with Crippen LogP contribution >= 0.6 is 0 Å². The van der Waals surface area contributed by atoms with Crippen LogP contribution in [0.5, 0.6) is 0 Å². The molecule has 0 saturated carbocycles. The fourth-order valence-corrected chi connectivity index (χ4v) is 4.02. The van der Waals surface area contributed by atoms with Gasteiger partial charge in [-0.1, -0.05) is 12.1 Å². The summed E-state index contributed by atoms with van der Waals surface area (Å²) in [6, 6.07) is 11.6. The van der Waals surface area contributed by atoms with E-state index in [0.29, 0.717) is 47.8 Å². The number of aliphatic hydroxyl groups is 2. The summed E-state index contributed by atoms with van der Waals surface area (Å²) in [7, 11) is 0. The van der Waals surface area contributed by atoms with Gasteiger partial charge in [0.2, 0.25) is 5.95 Å². The number of benzene rings is 1. The van der Waals surface area contributed by atoms with E-state index in [4.69, 9.17) is 15.2 Å². The molecular weight excluding hydrogens is 640 g/mol. The summed E-state index contributed by atoms with van der Waals surface area (Å²) in [6.45, 7) is -0.115. The number of aromatic nitrogens is 4. The molecule has 0 aliphatic rings. The van der Waals surface area contributed by atoms with E-state index in [1.54, 1.807) is 22.6 Å². The molecule has 0 unspecified atom stereocenters. The number of amides is 1. The zero-order valence-corrected chi connectivity index (χ0v) is 24.3. The summed E-state index contributed by atoms with van der Waals surface area (Å²) in [5.41, 5.74) is 1.66. The number of aliphatic carboxylic acids is 1. The molecule has 0 spiro atoms. The van der Waals surface area contributed by atoms with Crippen LogP contribution in [0.1, 0.15) is 33.7 Å². The van der Waals surface area contributed by atoms with Gasteiger partial charge in [-0.05, 0) is 37.1 Å². The van der Waals surface area contributed by atoms with Crippen molar-refractivity contribution in [1.82, 2.24) is 24.3 Å². The van der Waals surface area contributed by atoms with Gasteiger partial charge in [0.1, 0.15) is 17.4 Å². The third-order valence-electron chi connectivity index (χ3n) is 6.30. The first-order valence-corrected chi connectivity index (χ1v) is 13.7. The smallest absolute Gasteiger partial charge is 0.475 e. The number of imidazole rings is 1. The number of anilines is 1. The predicted molar refractivity (Wildman–Crippen MR) is 153 cm³/mol. The second kappa shape index (κ2) is 15.8. The number of rotatable bonds is 11. The Labute approximate surface area is 262 Å². The van der Waals surface area contributed by atoms with Gasteiger partial charge in [0.25, 0.3) is 5.91 Å². The summed E-state index contributed by atoms with van der Waals surface area (Å²) in [6.07, 6.45) is -5.31. The van der Waals surface area contributed by atoms with Gasteiger partial charge in [-0.3, -0.25) is 14.2 Å². The molecule has 3 aromatic heterocycles. The minimum absolute atomic E-state index is 0.0107. The highest BCUT2D eigenvalue weighted by Gasteiger charge is 2.38. The van der Waals surface area contributed by atoms with Crippen LogP contribution in [0.25, 0.3) is 16.9 Å². The molecule has 4 N–H and O–H groups in total. The SMILES string of the molecule is N#Cc1ccc(CCCNc2nc(-c3ccc(C(F)(F)F)cc3)cc3nc(C(=O)N(CCO)CCO)cn23)nc1.O=C(O)C(F)(F)F. The van der Waals surface area contributed by atoms with Gasteiger partial charge in [0.15, 0.2) is 0 Å². The van der Waals surface area contributed by atoms with Crippen molar-refractivity contribution >= 4 is 23.5 Å². The lowest BCUT2D eigenvalue weighted by molar-refractivity contribution is -0.192. The second-order valence-corrected chi connectivity index (χ2v) is 9.62. The lowest BCUT2D eigenvalue weighted by Crippen LogP contribution is -2.36. The first-order valence-electron chi connectivity index (χ1n) is 13.7. The maximum atomic E-state index is 13.1. The molecule has 0 fully saturated rings. The Balaban J connectivity index is 0.000000771. The Morgan fingerprint density at radius 2 is 1.62 bits per heavy atom. The maximum Gasteiger partial charge on any atom is 0.490 e. The number of nitrogens with zero attached hydrogens (tertiary/aromatic N) is 6. The van der Waals surface area contributed by atoms with Gasteiger partial charge >= 0.3 is 18.3 Å². The zero-order valence-electron chi connectivity index (χ0n) is 24.3. The fourth-order valence-electron chi connectivity index (χ4n) is 4.02. The summed E-state index contributed by atoms with van der Waals surface area (Å²) < 4.78 is 72.5. The van der Waals surface area contributed by atoms with E-state index >= 15 is 0 Å². The quantitative estimate of drug-likeness (QED) is 0.136. The zero-order chi connectivity index (χ0) is 34.8. The summed E-state index contributed by atoms with van der Waals surface area (Å²) >= 11 is 0. The van der Waals surface area contributed by atoms with Crippen LogP contribution in [-0.4, -0.2) is 90.5 Å². The first kappa shape index (κ1) is 36.2. The molecule has 4 aromatic rings. The van der Waals surface area contributed by atoms with E-state index in [-0.39, 0.29) is 32.0 Å². The average Bonchev–Trinajstić information content (AvgIpc) is 3.47. The molecule has 0 bridgehead atoms. The highest BCUT2D eigenvalue weighted by atomic mass is 19.4. The standard InChI is InChI=1S/C27H26F3N7O3.C2HF3O2/c28-27(29,30)20-6-4-19(5-7-20)22-14-24-34-23(25(40)36(10-12-38)11-13-39)17-37(24)26(35-22)32-9-1-2-21-8-3-18(15-31)16-33-21;3-2(4,5)1(6)7/h3-8,14,16-17,38-39H,1-2,9-13H2,(H,32,35);(H,6,7). The van der Waals surface area contributed by atoms with Crippen molar-refractivity contribution in [3.8, 4) is 17.3 Å². The number of halogens is 6. The van der Waals surface area contributed by atoms with E-state index in [9.17, 15) is 41.4 Å². The molecule has 4 rings (SSSR count). The second-order valence-electron chi connectivity index (χ2n) is 9.62. The summed E-state index contributed by atoms with van der Waals surface area (Å²) in [4.78, 5) is 36.4. The Morgan fingerprint density at radius 1 is 0.979 bits per heavy atom. The van der Waals surface area contributed by atoms with E-state index in [1.165, 1.54) is 29.4 Å². The van der Waals surface area contributed by atoms with Crippen LogP contribution in [0.15, 0.2) is 54.9 Å². The van der Waals surface area contributed by atoms with Crippen LogP contribution in [0.2, 0.25) is 0 Å². The van der Waals surface area contributed by atoms with Gasteiger partial charge in [-0.25, -0.2) is 14.8 Å². The molecule has 47 heavy (non-hydrogen) atoms. The normalized spacial score (nSPS) is 11.4. The molecule has 1 amide bonds. The maximum absolute atomic E-state index is 13.1. The lowest BCUT2D eigenvalue weighted by Gasteiger charge is -2.19. The van der Waals surface area contributed by atoms with E-state index in [1.807, 2.05) is 6.07 Å². The molecule has 250 valence electrons. The number of aryl methyl sites for hydroxylation is 1. The van der Waals surface area contributed by atoms with E-state index < -0.39 is 29.8 Å². The predicted octanol–water partition coefficient (Wildman–Crippen LogP) is 3.79. The largest absolute Gasteiger partial charge is 0.490 e. The number of pyridine rings is 1. The molecule has 0 aliphatic heterocycles. The van der Waals surface area contributed by atoms with Crippen LogP contribution in [0.3, 0.4) is 0 Å². The van der Waals surface area contributed by atoms with Crippen molar-refractivity contribution in [3.63, 3.8) is 0 Å². The molecule has 18 heteroatoms. The number of nitrogens with one attached hydrogen (secondary N) is 1.